The van der Waals surface area contributed by atoms with Gasteiger partial charge in [0.15, 0.2) is 0 Å². The van der Waals surface area contributed by atoms with Crippen LogP contribution in [-0.2, 0) is 17.6 Å². The molecule has 162 valence electrons. The van der Waals surface area contributed by atoms with Crippen LogP contribution < -0.4 is 20.1 Å². The molecule has 0 saturated heterocycles. The minimum atomic E-state index is -0.410. The molecular formula is C25H29N3O3. The fraction of sp³-hybridized carbons (Fsp3) is 0.360. The summed E-state index contributed by atoms with van der Waals surface area (Å²) < 4.78 is 10.5. The number of hydrogen-bond acceptors (Lipinski definition) is 5. The van der Waals surface area contributed by atoms with Crippen LogP contribution in [0.2, 0.25) is 0 Å². The van der Waals surface area contributed by atoms with E-state index in [0.717, 1.165) is 24.8 Å². The molecule has 1 aliphatic carbocycles. The third-order valence-corrected chi connectivity index (χ3v) is 5.63. The monoisotopic (exact) mass is 419 g/mol. The zero-order valence-corrected chi connectivity index (χ0v) is 18.3. The van der Waals surface area contributed by atoms with Crippen LogP contribution in [0.15, 0.2) is 48.2 Å². The van der Waals surface area contributed by atoms with Crippen LogP contribution in [0.5, 0.6) is 11.5 Å². The zero-order chi connectivity index (χ0) is 22.2. The summed E-state index contributed by atoms with van der Waals surface area (Å²) in [5.41, 5.74) is 4.49. The molecule has 1 unspecified atom stereocenters. The number of methoxy groups -OCH3 is 2. The van der Waals surface area contributed by atoms with Crippen LogP contribution in [-0.4, -0.2) is 20.1 Å². The predicted octanol–water partition coefficient (Wildman–Crippen LogP) is 4.67. The van der Waals surface area contributed by atoms with Crippen molar-refractivity contribution in [2.75, 3.05) is 19.5 Å². The number of carbonyl (C=O) groups is 1. The van der Waals surface area contributed by atoms with Crippen molar-refractivity contribution in [3.8, 4) is 17.6 Å². The summed E-state index contributed by atoms with van der Waals surface area (Å²) in [6.45, 7) is 2.03. The first kappa shape index (κ1) is 22.2. The van der Waals surface area contributed by atoms with Gasteiger partial charge in [-0.2, -0.15) is 5.26 Å². The molecule has 3 rings (SSSR count). The number of rotatable bonds is 8. The first-order valence-corrected chi connectivity index (χ1v) is 10.6. The molecule has 6 heteroatoms. The van der Waals surface area contributed by atoms with Crippen LogP contribution in [0.3, 0.4) is 0 Å². The Bertz CT molecular complexity index is 1010. The number of anilines is 1. The Hall–Kier alpha value is -3.46. The van der Waals surface area contributed by atoms with E-state index in [9.17, 15) is 10.1 Å². The standard InChI is InChI=1S/C25H29N3O3/c1-4-22(19-10-9-17-7-5-6-8-18(17)13-19)28-25(29)20(15-26)16-27-23-12-11-21(30-2)14-24(23)31-3/h9-14,16,22,27H,4-8H2,1-3H3,(H,28,29)/b20-16-. The van der Waals surface area contributed by atoms with Crippen LogP contribution in [0, 0.1) is 11.3 Å². The number of nitriles is 1. The Labute approximate surface area is 183 Å². The molecule has 0 aromatic heterocycles. The quantitative estimate of drug-likeness (QED) is 0.480. The van der Waals surface area contributed by atoms with E-state index in [0.29, 0.717) is 17.2 Å². The lowest BCUT2D eigenvalue weighted by Gasteiger charge is -2.21. The minimum Gasteiger partial charge on any atom is -0.497 e. The number of nitrogens with one attached hydrogen (secondary N) is 2. The van der Waals surface area contributed by atoms with Gasteiger partial charge in [0.25, 0.3) is 5.91 Å². The van der Waals surface area contributed by atoms with Gasteiger partial charge in [0.1, 0.15) is 23.1 Å². The van der Waals surface area contributed by atoms with Crippen LogP contribution >= 0.6 is 0 Å². The van der Waals surface area contributed by atoms with Gasteiger partial charge in [-0.25, -0.2) is 0 Å². The van der Waals surface area contributed by atoms with Crippen LogP contribution in [0.25, 0.3) is 0 Å². The lowest BCUT2D eigenvalue weighted by molar-refractivity contribution is -0.117. The summed E-state index contributed by atoms with van der Waals surface area (Å²) in [5.74, 6) is 0.793. The number of hydrogen-bond donors (Lipinski definition) is 2. The van der Waals surface area contributed by atoms with Gasteiger partial charge in [-0.15, -0.1) is 0 Å². The fourth-order valence-corrected chi connectivity index (χ4v) is 3.84. The SMILES string of the molecule is CCC(NC(=O)/C(C#N)=C\Nc1ccc(OC)cc1OC)c1ccc2c(c1)CCCC2. The lowest BCUT2D eigenvalue weighted by Crippen LogP contribution is -2.29. The number of aryl methyl sites for hydroxylation is 2. The van der Waals surface area contributed by atoms with Crippen molar-refractivity contribution >= 4 is 11.6 Å². The van der Waals surface area contributed by atoms with Gasteiger partial charge in [-0.3, -0.25) is 4.79 Å². The maximum absolute atomic E-state index is 12.8. The highest BCUT2D eigenvalue weighted by atomic mass is 16.5. The molecule has 0 aliphatic heterocycles. The summed E-state index contributed by atoms with van der Waals surface area (Å²) in [7, 11) is 3.12. The molecule has 6 nitrogen and oxygen atoms in total. The molecule has 2 N–H and O–H groups in total. The molecule has 0 spiro atoms. The number of benzene rings is 2. The molecule has 2 aromatic carbocycles. The van der Waals surface area contributed by atoms with Gasteiger partial charge < -0.3 is 20.1 Å². The summed E-state index contributed by atoms with van der Waals surface area (Å²) >= 11 is 0. The van der Waals surface area contributed by atoms with Crippen molar-refractivity contribution in [2.24, 2.45) is 0 Å². The van der Waals surface area contributed by atoms with E-state index in [1.165, 1.54) is 30.2 Å². The summed E-state index contributed by atoms with van der Waals surface area (Å²) in [5, 5.41) is 15.5. The first-order chi connectivity index (χ1) is 15.1. The van der Waals surface area contributed by atoms with E-state index in [1.54, 1.807) is 32.4 Å². The summed E-state index contributed by atoms with van der Waals surface area (Å²) in [6, 6.07) is 13.6. The Balaban J connectivity index is 1.73. The number of carbonyl (C=O) groups excluding carboxylic acids is 1. The minimum absolute atomic E-state index is 0.00530. The third-order valence-electron chi connectivity index (χ3n) is 5.63. The normalized spacial score (nSPS) is 14.1. The van der Waals surface area contributed by atoms with Gasteiger partial charge in [-0.1, -0.05) is 25.1 Å². The number of fused-ring (bicyclic) bond motifs is 1. The fourth-order valence-electron chi connectivity index (χ4n) is 3.84. The molecule has 31 heavy (non-hydrogen) atoms. The number of ether oxygens (including phenoxy) is 2. The second-order valence-electron chi connectivity index (χ2n) is 7.55. The Morgan fingerprint density at radius 2 is 1.90 bits per heavy atom. The molecule has 0 saturated carbocycles. The smallest absolute Gasteiger partial charge is 0.263 e. The topological polar surface area (TPSA) is 83.4 Å². The van der Waals surface area contributed by atoms with Crippen molar-refractivity contribution in [2.45, 2.75) is 45.1 Å². The summed E-state index contributed by atoms with van der Waals surface area (Å²) in [4.78, 5) is 12.8. The molecule has 2 aromatic rings. The van der Waals surface area contributed by atoms with Crippen molar-refractivity contribution in [3.05, 3.63) is 64.9 Å². The third kappa shape index (κ3) is 5.37. The zero-order valence-electron chi connectivity index (χ0n) is 18.3. The van der Waals surface area contributed by atoms with Gasteiger partial charge in [0, 0.05) is 12.3 Å². The van der Waals surface area contributed by atoms with Crippen molar-refractivity contribution in [3.63, 3.8) is 0 Å². The number of amides is 1. The Morgan fingerprint density at radius 3 is 2.58 bits per heavy atom. The van der Waals surface area contributed by atoms with Crippen molar-refractivity contribution < 1.29 is 14.3 Å². The second kappa shape index (κ2) is 10.5. The van der Waals surface area contributed by atoms with Crippen molar-refractivity contribution in [1.82, 2.24) is 5.32 Å². The molecule has 0 bridgehead atoms. The predicted molar refractivity (Wildman–Crippen MR) is 121 cm³/mol. The molecule has 0 radical (unpaired) electrons. The van der Waals surface area contributed by atoms with E-state index in [-0.39, 0.29) is 11.6 Å². The highest BCUT2D eigenvalue weighted by Crippen LogP contribution is 2.29. The Morgan fingerprint density at radius 1 is 1.13 bits per heavy atom. The van der Waals surface area contributed by atoms with Gasteiger partial charge in [0.05, 0.1) is 25.9 Å². The average Bonchev–Trinajstić information content (AvgIpc) is 2.82. The van der Waals surface area contributed by atoms with E-state index in [2.05, 4.69) is 28.8 Å². The van der Waals surface area contributed by atoms with Crippen LogP contribution in [0.4, 0.5) is 5.69 Å². The molecule has 0 fully saturated rings. The lowest BCUT2D eigenvalue weighted by atomic mass is 9.88. The molecular weight excluding hydrogens is 390 g/mol. The van der Waals surface area contributed by atoms with Crippen molar-refractivity contribution in [1.29, 1.82) is 5.26 Å². The molecule has 1 amide bonds. The maximum Gasteiger partial charge on any atom is 0.263 e. The van der Waals surface area contributed by atoms with E-state index < -0.39 is 5.91 Å². The summed E-state index contributed by atoms with van der Waals surface area (Å²) in [6.07, 6.45) is 6.80. The van der Waals surface area contributed by atoms with E-state index >= 15 is 0 Å². The van der Waals surface area contributed by atoms with E-state index in [1.807, 2.05) is 13.0 Å². The average molecular weight is 420 g/mol. The highest BCUT2D eigenvalue weighted by Gasteiger charge is 2.18. The molecule has 0 heterocycles. The van der Waals surface area contributed by atoms with Crippen LogP contribution in [0.1, 0.15) is 48.9 Å². The van der Waals surface area contributed by atoms with Gasteiger partial charge in [-0.05, 0) is 60.9 Å². The highest BCUT2D eigenvalue weighted by molar-refractivity contribution is 5.97. The van der Waals surface area contributed by atoms with Gasteiger partial charge >= 0.3 is 0 Å². The largest absolute Gasteiger partial charge is 0.497 e. The van der Waals surface area contributed by atoms with E-state index in [4.69, 9.17) is 9.47 Å². The van der Waals surface area contributed by atoms with Gasteiger partial charge in [0.2, 0.25) is 0 Å². The molecule has 1 atom stereocenters. The second-order valence-corrected chi connectivity index (χ2v) is 7.55. The number of nitrogens with zero attached hydrogens (tertiary/aromatic N) is 1. The molecule has 1 aliphatic rings. The Kier molecular flexibility index (Phi) is 7.55. The first-order valence-electron chi connectivity index (χ1n) is 10.6. The maximum atomic E-state index is 12.8.